The van der Waals surface area contributed by atoms with Gasteiger partial charge in [0.05, 0.1) is 5.56 Å². The average molecular weight is 391 g/mol. The van der Waals surface area contributed by atoms with Crippen LogP contribution in [0.5, 0.6) is 0 Å². The van der Waals surface area contributed by atoms with E-state index in [0.717, 1.165) is 23.0 Å². The van der Waals surface area contributed by atoms with Gasteiger partial charge in [0.1, 0.15) is 0 Å². The summed E-state index contributed by atoms with van der Waals surface area (Å²) < 4.78 is 5.35. The number of anilines is 2. The molecule has 1 aliphatic rings. The van der Waals surface area contributed by atoms with Crippen molar-refractivity contribution < 1.29 is 19.1 Å². The lowest BCUT2D eigenvalue weighted by Gasteiger charge is -2.18. The molecule has 1 fully saturated rings. The highest BCUT2D eigenvalue weighted by atomic mass is 16.5. The fraction of sp³-hybridized carbons (Fsp3) is 0.227. The van der Waals surface area contributed by atoms with Crippen LogP contribution in [0.15, 0.2) is 54.7 Å². The molecule has 1 unspecified atom stereocenters. The Morgan fingerprint density at radius 2 is 2.00 bits per heavy atom. The summed E-state index contributed by atoms with van der Waals surface area (Å²) in [5.74, 6) is -0.931. The Morgan fingerprint density at radius 3 is 2.79 bits per heavy atom. The van der Waals surface area contributed by atoms with E-state index in [1.54, 1.807) is 29.3 Å². The van der Waals surface area contributed by atoms with Gasteiger partial charge in [0.2, 0.25) is 5.91 Å². The quantitative estimate of drug-likeness (QED) is 0.652. The zero-order chi connectivity index (χ0) is 20.4. The summed E-state index contributed by atoms with van der Waals surface area (Å²) in [6.45, 7) is 2.20. The number of fused-ring (bicyclic) bond motifs is 1. The van der Waals surface area contributed by atoms with Crippen LogP contribution in [0.1, 0.15) is 30.1 Å². The molecule has 3 aromatic rings. The van der Waals surface area contributed by atoms with E-state index in [2.05, 4.69) is 10.3 Å². The van der Waals surface area contributed by atoms with Crippen LogP contribution < -0.4 is 10.2 Å². The zero-order valence-corrected chi connectivity index (χ0v) is 16.0. The summed E-state index contributed by atoms with van der Waals surface area (Å²) >= 11 is 0. The van der Waals surface area contributed by atoms with Gasteiger partial charge in [-0.2, -0.15) is 0 Å². The molecular weight excluding hydrogens is 370 g/mol. The van der Waals surface area contributed by atoms with Crippen molar-refractivity contribution in [3.05, 3.63) is 60.3 Å². The number of carbonyl (C=O) groups is 3. The molecule has 0 radical (unpaired) electrons. The number of rotatable bonds is 5. The summed E-state index contributed by atoms with van der Waals surface area (Å²) in [7, 11) is 0. The topological polar surface area (TPSA) is 91.5 Å². The highest BCUT2D eigenvalue weighted by Gasteiger charge is 2.23. The van der Waals surface area contributed by atoms with Gasteiger partial charge < -0.3 is 19.9 Å². The van der Waals surface area contributed by atoms with Crippen LogP contribution in [0.25, 0.3) is 10.9 Å². The number of carbonyl (C=O) groups excluding carboxylic acids is 3. The number of H-pyrrole nitrogens is 1. The SMILES string of the molecule is CC(OC(=O)c1c[nH]c2ccccc12)C(=O)Nc1cccc(N2CCCC2=O)c1. The first-order valence-corrected chi connectivity index (χ1v) is 9.51. The number of esters is 1. The minimum atomic E-state index is -0.978. The molecule has 1 saturated heterocycles. The Kier molecular flexibility index (Phi) is 5.03. The van der Waals surface area contributed by atoms with E-state index in [-0.39, 0.29) is 5.91 Å². The van der Waals surface area contributed by atoms with E-state index < -0.39 is 18.0 Å². The van der Waals surface area contributed by atoms with Crippen molar-refractivity contribution in [3.8, 4) is 0 Å². The van der Waals surface area contributed by atoms with E-state index in [1.165, 1.54) is 6.92 Å². The maximum atomic E-state index is 12.5. The van der Waals surface area contributed by atoms with Gasteiger partial charge in [0.15, 0.2) is 6.10 Å². The molecule has 0 saturated carbocycles. The number of hydrogen-bond acceptors (Lipinski definition) is 4. The number of ether oxygens (including phenoxy) is 1. The Hall–Kier alpha value is -3.61. The molecular formula is C22H21N3O4. The normalized spacial score (nSPS) is 14.8. The van der Waals surface area contributed by atoms with Crippen molar-refractivity contribution >= 4 is 40.1 Å². The van der Waals surface area contributed by atoms with Crippen molar-refractivity contribution in [2.75, 3.05) is 16.8 Å². The van der Waals surface area contributed by atoms with Gasteiger partial charge >= 0.3 is 5.97 Å². The van der Waals surface area contributed by atoms with Gasteiger partial charge in [0.25, 0.3) is 5.91 Å². The van der Waals surface area contributed by atoms with Gasteiger partial charge in [-0.3, -0.25) is 9.59 Å². The predicted molar refractivity (Wildman–Crippen MR) is 110 cm³/mol. The number of para-hydroxylation sites is 1. The Bertz CT molecular complexity index is 1090. The fourth-order valence-corrected chi connectivity index (χ4v) is 3.43. The molecule has 2 amide bonds. The van der Waals surface area contributed by atoms with Crippen LogP contribution >= 0.6 is 0 Å². The maximum Gasteiger partial charge on any atom is 0.341 e. The predicted octanol–water partition coefficient (Wildman–Crippen LogP) is 3.48. The van der Waals surface area contributed by atoms with Gasteiger partial charge in [-0.05, 0) is 37.6 Å². The monoisotopic (exact) mass is 391 g/mol. The number of aromatic nitrogens is 1. The highest BCUT2D eigenvalue weighted by Crippen LogP contribution is 2.24. The second kappa shape index (κ2) is 7.79. The van der Waals surface area contributed by atoms with E-state index in [9.17, 15) is 14.4 Å². The van der Waals surface area contributed by atoms with E-state index in [4.69, 9.17) is 4.74 Å². The minimum Gasteiger partial charge on any atom is -0.449 e. The summed E-state index contributed by atoms with van der Waals surface area (Å²) in [5.41, 5.74) is 2.50. The molecule has 1 atom stereocenters. The largest absolute Gasteiger partial charge is 0.449 e. The number of nitrogens with one attached hydrogen (secondary N) is 2. The van der Waals surface area contributed by atoms with Gasteiger partial charge in [-0.25, -0.2) is 4.79 Å². The third-order valence-electron chi connectivity index (χ3n) is 4.96. The number of benzene rings is 2. The lowest BCUT2D eigenvalue weighted by molar-refractivity contribution is -0.123. The second-order valence-corrected chi connectivity index (χ2v) is 6.98. The van der Waals surface area contributed by atoms with E-state index >= 15 is 0 Å². The first-order valence-electron chi connectivity index (χ1n) is 9.51. The van der Waals surface area contributed by atoms with Gasteiger partial charge in [0, 0.05) is 41.4 Å². The van der Waals surface area contributed by atoms with Crippen LogP contribution in [-0.2, 0) is 14.3 Å². The standard InChI is InChI=1S/C22H21N3O4/c1-14(29-22(28)18-13-23-19-9-3-2-8-17(18)19)21(27)24-15-6-4-7-16(12-15)25-11-5-10-20(25)26/h2-4,6-9,12-14,23H,5,10-11H2,1H3,(H,24,27). The number of aromatic amines is 1. The van der Waals surface area contributed by atoms with Crippen LogP contribution in [0.2, 0.25) is 0 Å². The molecule has 1 aromatic heterocycles. The summed E-state index contributed by atoms with van der Waals surface area (Å²) in [6.07, 6.45) is 1.97. The van der Waals surface area contributed by atoms with Gasteiger partial charge in [-0.15, -0.1) is 0 Å². The van der Waals surface area contributed by atoms with Crippen LogP contribution in [0, 0.1) is 0 Å². The minimum absolute atomic E-state index is 0.0782. The van der Waals surface area contributed by atoms with Crippen LogP contribution in [-0.4, -0.2) is 35.4 Å². The molecule has 0 spiro atoms. The van der Waals surface area contributed by atoms with Gasteiger partial charge in [-0.1, -0.05) is 24.3 Å². The summed E-state index contributed by atoms with van der Waals surface area (Å²) in [5, 5.41) is 3.49. The molecule has 0 aliphatic carbocycles. The molecule has 148 valence electrons. The lowest BCUT2D eigenvalue weighted by Crippen LogP contribution is -2.30. The zero-order valence-electron chi connectivity index (χ0n) is 16.0. The molecule has 29 heavy (non-hydrogen) atoms. The van der Waals surface area contributed by atoms with Crippen molar-refractivity contribution in [3.63, 3.8) is 0 Å². The summed E-state index contributed by atoms with van der Waals surface area (Å²) in [4.78, 5) is 41.6. The average Bonchev–Trinajstić information content (AvgIpc) is 3.34. The van der Waals surface area contributed by atoms with Crippen molar-refractivity contribution in [1.29, 1.82) is 0 Å². The second-order valence-electron chi connectivity index (χ2n) is 6.98. The van der Waals surface area contributed by atoms with E-state index in [0.29, 0.717) is 24.2 Å². The molecule has 2 N–H and O–H groups in total. The maximum absolute atomic E-state index is 12.5. The first kappa shape index (κ1) is 18.7. The van der Waals surface area contributed by atoms with E-state index in [1.807, 2.05) is 30.3 Å². The molecule has 2 aromatic carbocycles. The smallest absolute Gasteiger partial charge is 0.341 e. The van der Waals surface area contributed by atoms with Crippen molar-refractivity contribution in [2.45, 2.75) is 25.9 Å². The summed E-state index contributed by atoms with van der Waals surface area (Å²) in [6, 6.07) is 14.5. The molecule has 7 heteroatoms. The number of hydrogen-bond donors (Lipinski definition) is 2. The molecule has 4 rings (SSSR count). The van der Waals surface area contributed by atoms with Crippen molar-refractivity contribution in [2.24, 2.45) is 0 Å². The number of nitrogens with zero attached hydrogens (tertiary/aromatic N) is 1. The third kappa shape index (κ3) is 3.85. The third-order valence-corrected chi connectivity index (χ3v) is 4.96. The molecule has 2 heterocycles. The molecule has 0 bridgehead atoms. The van der Waals surface area contributed by atoms with Crippen molar-refractivity contribution in [1.82, 2.24) is 4.98 Å². The lowest BCUT2D eigenvalue weighted by atomic mass is 10.2. The Labute approximate surface area is 167 Å². The molecule has 7 nitrogen and oxygen atoms in total. The Morgan fingerprint density at radius 1 is 1.17 bits per heavy atom. The number of amides is 2. The fourth-order valence-electron chi connectivity index (χ4n) is 3.43. The highest BCUT2D eigenvalue weighted by molar-refractivity contribution is 6.05. The Balaban J connectivity index is 1.42. The first-order chi connectivity index (χ1) is 14.0. The molecule has 1 aliphatic heterocycles. The van der Waals surface area contributed by atoms with Crippen LogP contribution in [0.4, 0.5) is 11.4 Å². The van der Waals surface area contributed by atoms with Crippen LogP contribution in [0.3, 0.4) is 0 Å².